The number of nitrogens with zero attached hydrogens (tertiary/aromatic N) is 1. The van der Waals surface area contributed by atoms with Crippen molar-refractivity contribution in [1.82, 2.24) is 4.98 Å². The molecule has 17 heavy (non-hydrogen) atoms. The van der Waals surface area contributed by atoms with Gasteiger partial charge in [-0.15, -0.1) is 11.3 Å². The Kier molecular flexibility index (Phi) is 4.45. The number of rotatable bonds is 4. The summed E-state index contributed by atoms with van der Waals surface area (Å²) in [5, 5.41) is 2.73. The normalized spacial score (nSPS) is 12.6. The van der Waals surface area contributed by atoms with Crippen LogP contribution < -0.4 is 5.73 Å². The molecular weight excluding hydrogens is 272 g/mol. The van der Waals surface area contributed by atoms with Crippen LogP contribution >= 0.6 is 34.7 Å². The highest BCUT2D eigenvalue weighted by molar-refractivity contribution is 8.01. The van der Waals surface area contributed by atoms with Gasteiger partial charge < -0.3 is 5.73 Å². The molecule has 1 aromatic carbocycles. The molecule has 5 heteroatoms. The molecule has 2 nitrogen and oxygen atoms in total. The van der Waals surface area contributed by atoms with Crippen LogP contribution in [0.1, 0.15) is 12.5 Å². The number of halogens is 1. The molecular formula is C12H13ClN2S2. The third kappa shape index (κ3) is 3.71. The van der Waals surface area contributed by atoms with Gasteiger partial charge in [0.2, 0.25) is 0 Å². The molecule has 1 heterocycles. The van der Waals surface area contributed by atoms with Crippen LogP contribution in [0.25, 0.3) is 0 Å². The van der Waals surface area contributed by atoms with E-state index in [-0.39, 0.29) is 6.04 Å². The average Bonchev–Trinajstić information content (AvgIpc) is 2.74. The lowest BCUT2D eigenvalue weighted by molar-refractivity contribution is 0.729. The van der Waals surface area contributed by atoms with E-state index in [1.165, 1.54) is 10.5 Å². The van der Waals surface area contributed by atoms with Gasteiger partial charge in [0.15, 0.2) is 4.34 Å². The molecule has 1 atom stereocenters. The Balaban J connectivity index is 2.25. The summed E-state index contributed by atoms with van der Waals surface area (Å²) >= 11 is 9.32. The first kappa shape index (κ1) is 12.9. The number of hydrogen-bond acceptors (Lipinski definition) is 4. The third-order valence-corrected chi connectivity index (χ3v) is 4.41. The van der Waals surface area contributed by atoms with Crippen molar-refractivity contribution < 1.29 is 0 Å². The standard InChI is InChI=1S/C12H13ClN2S2/c1-8(14)6-9-7-10(13)2-3-11(9)17-12-15-4-5-16-12/h2-5,7-8H,6,14H2,1H3. The summed E-state index contributed by atoms with van der Waals surface area (Å²) < 4.78 is 1.04. The van der Waals surface area contributed by atoms with Crippen molar-refractivity contribution in [1.29, 1.82) is 0 Å². The number of benzene rings is 1. The SMILES string of the molecule is CC(N)Cc1cc(Cl)ccc1Sc1nccs1. The highest BCUT2D eigenvalue weighted by Crippen LogP contribution is 2.33. The summed E-state index contributed by atoms with van der Waals surface area (Å²) in [6.45, 7) is 2.00. The molecule has 0 bridgehead atoms. The molecule has 2 aromatic rings. The summed E-state index contributed by atoms with van der Waals surface area (Å²) in [6, 6.07) is 6.05. The molecule has 0 aliphatic rings. The maximum absolute atomic E-state index is 6.02. The van der Waals surface area contributed by atoms with Gasteiger partial charge in [0.1, 0.15) is 0 Å². The van der Waals surface area contributed by atoms with Crippen molar-refractivity contribution in [3.63, 3.8) is 0 Å². The smallest absolute Gasteiger partial charge is 0.154 e. The molecule has 1 unspecified atom stereocenters. The van der Waals surface area contributed by atoms with Crippen LogP contribution in [-0.4, -0.2) is 11.0 Å². The first-order chi connectivity index (χ1) is 8.15. The third-order valence-electron chi connectivity index (χ3n) is 2.17. The van der Waals surface area contributed by atoms with Gasteiger partial charge in [-0.3, -0.25) is 0 Å². The summed E-state index contributed by atoms with van der Waals surface area (Å²) in [5.41, 5.74) is 7.04. The van der Waals surface area contributed by atoms with Gasteiger partial charge in [0.25, 0.3) is 0 Å². The van der Waals surface area contributed by atoms with Gasteiger partial charge in [-0.05, 0) is 37.1 Å². The fourth-order valence-electron chi connectivity index (χ4n) is 1.51. The first-order valence-corrected chi connectivity index (χ1v) is 7.34. The molecule has 0 saturated carbocycles. The molecule has 0 fully saturated rings. The number of thiazole rings is 1. The zero-order valence-corrected chi connectivity index (χ0v) is 11.8. The quantitative estimate of drug-likeness (QED) is 0.927. The molecule has 0 aliphatic heterocycles. The van der Waals surface area contributed by atoms with Crippen LogP contribution in [0.2, 0.25) is 5.02 Å². The van der Waals surface area contributed by atoms with E-state index in [1.54, 1.807) is 23.1 Å². The van der Waals surface area contributed by atoms with E-state index < -0.39 is 0 Å². The molecule has 0 radical (unpaired) electrons. The lowest BCUT2D eigenvalue weighted by Crippen LogP contribution is -2.18. The van der Waals surface area contributed by atoms with Crippen molar-refractivity contribution >= 4 is 34.7 Å². The predicted octanol–water partition coefficient (Wildman–Crippen LogP) is 3.84. The summed E-state index contributed by atoms with van der Waals surface area (Å²) in [6.07, 6.45) is 2.64. The van der Waals surface area contributed by atoms with Gasteiger partial charge in [-0.1, -0.05) is 23.4 Å². The maximum Gasteiger partial charge on any atom is 0.154 e. The Bertz CT molecular complexity index is 483. The number of nitrogens with two attached hydrogens (primary N) is 1. The lowest BCUT2D eigenvalue weighted by Gasteiger charge is -2.10. The molecule has 2 rings (SSSR count). The summed E-state index contributed by atoms with van der Waals surface area (Å²) in [4.78, 5) is 5.45. The predicted molar refractivity (Wildman–Crippen MR) is 75.0 cm³/mol. The van der Waals surface area contributed by atoms with Crippen LogP contribution in [0.5, 0.6) is 0 Å². The van der Waals surface area contributed by atoms with Crippen molar-refractivity contribution in [3.05, 3.63) is 40.4 Å². The van der Waals surface area contributed by atoms with Crippen LogP contribution in [-0.2, 0) is 6.42 Å². The van der Waals surface area contributed by atoms with Gasteiger partial charge in [0.05, 0.1) is 0 Å². The molecule has 0 aliphatic carbocycles. The van der Waals surface area contributed by atoms with E-state index in [2.05, 4.69) is 4.98 Å². The fourth-order valence-corrected chi connectivity index (χ4v) is 3.40. The molecule has 90 valence electrons. The van der Waals surface area contributed by atoms with E-state index in [9.17, 15) is 0 Å². The summed E-state index contributed by atoms with van der Waals surface area (Å²) in [5.74, 6) is 0. The van der Waals surface area contributed by atoms with E-state index in [1.807, 2.05) is 36.7 Å². The second-order valence-electron chi connectivity index (χ2n) is 3.83. The summed E-state index contributed by atoms with van der Waals surface area (Å²) in [7, 11) is 0. The van der Waals surface area contributed by atoms with E-state index in [4.69, 9.17) is 17.3 Å². The van der Waals surface area contributed by atoms with Gasteiger partial charge in [0, 0.05) is 27.5 Å². The van der Waals surface area contributed by atoms with Crippen LogP contribution in [0.15, 0.2) is 39.0 Å². The highest BCUT2D eigenvalue weighted by atomic mass is 35.5. The molecule has 0 spiro atoms. The van der Waals surface area contributed by atoms with E-state index in [0.29, 0.717) is 0 Å². The molecule has 0 amide bonds. The van der Waals surface area contributed by atoms with Crippen molar-refractivity contribution in [2.75, 3.05) is 0 Å². The van der Waals surface area contributed by atoms with Gasteiger partial charge >= 0.3 is 0 Å². The Morgan fingerprint density at radius 3 is 3.00 bits per heavy atom. The minimum Gasteiger partial charge on any atom is -0.328 e. The number of hydrogen-bond donors (Lipinski definition) is 1. The topological polar surface area (TPSA) is 38.9 Å². The second kappa shape index (κ2) is 5.87. The Labute approximate surface area is 114 Å². The first-order valence-electron chi connectivity index (χ1n) is 5.26. The minimum absolute atomic E-state index is 0.129. The highest BCUT2D eigenvalue weighted by Gasteiger charge is 2.08. The van der Waals surface area contributed by atoms with Crippen LogP contribution in [0.3, 0.4) is 0 Å². The zero-order valence-electron chi connectivity index (χ0n) is 9.39. The Hall–Kier alpha value is -0.550. The Morgan fingerprint density at radius 2 is 2.35 bits per heavy atom. The Morgan fingerprint density at radius 1 is 1.53 bits per heavy atom. The second-order valence-corrected chi connectivity index (χ2v) is 6.45. The van der Waals surface area contributed by atoms with Crippen molar-refractivity contribution in [3.8, 4) is 0 Å². The van der Waals surface area contributed by atoms with Crippen LogP contribution in [0, 0.1) is 0 Å². The molecule has 0 saturated heterocycles. The van der Waals surface area contributed by atoms with Gasteiger partial charge in [-0.25, -0.2) is 4.98 Å². The lowest BCUT2D eigenvalue weighted by atomic mass is 10.1. The molecule has 2 N–H and O–H groups in total. The number of aromatic nitrogens is 1. The largest absolute Gasteiger partial charge is 0.328 e. The fraction of sp³-hybridized carbons (Fsp3) is 0.250. The monoisotopic (exact) mass is 284 g/mol. The minimum atomic E-state index is 0.129. The van der Waals surface area contributed by atoms with Crippen molar-refractivity contribution in [2.24, 2.45) is 5.73 Å². The zero-order chi connectivity index (χ0) is 12.3. The average molecular weight is 285 g/mol. The van der Waals surface area contributed by atoms with Gasteiger partial charge in [-0.2, -0.15) is 0 Å². The molecule has 1 aromatic heterocycles. The van der Waals surface area contributed by atoms with E-state index >= 15 is 0 Å². The van der Waals surface area contributed by atoms with Crippen molar-refractivity contribution in [2.45, 2.75) is 28.6 Å². The maximum atomic E-state index is 6.02. The van der Waals surface area contributed by atoms with E-state index in [0.717, 1.165) is 15.8 Å². The van der Waals surface area contributed by atoms with Crippen LogP contribution in [0.4, 0.5) is 0 Å².